The lowest BCUT2D eigenvalue weighted by atomic mass is 10.2. The highest BCUT2D eigenvalue weighted by atomic mass is 79.9. The van der Waals surface area contributed by atoms with Gasteiger partial charge in [0.05, 0.1) is 4.47 Å². The molecular weight excluding hydrogens is 332 g/mol. The molecule has 2 aromatic rings. The largest absolute Gasteiger partial charge is 0.484 e. The molecule has 0 saturated carbocycles. The number of aryl methyl sites for hydroxylation is 1. The number of hydrogen-bond acceptors (Lipinski definition) is 4. The van der Waals surface area contributed by atoms with Crippen LogP contribution in [0.1, 0.15) is 25.2 Å². The highest BCUT2D eigenvalue weighted by Crippen LogP contribution is 2.29. The van der Waals surface area contributed by atoms with Crippen molar-refractivity contribution in [1.82, 2.24) is 20.1 Å². The monoisotopic (exact) mass is 352 g/mol. The number of nitrogens with one attached hydrogen (secondary N) is 1. The van der Waals surface area contributed by atoms with Crippen molar-refractivity contribution in [2.75, 3.05) is 6.54 Å². The number of benzene rings is 1. The van der Waals surface area contributed by atoms with Gasteiger partial charge in [-0.05, 0) is 34.5 Å². The van der Waals surface area contributed by atoms with Crippen LogP contribution in [0.5, 0.6) is 5.75 Å². The van der Waals surface area contributed by atoms with Crippen molar-refractivity contribution >= 4 is 15.9 Å². The fourth-order valence-electron chi connectivity index (χ4n) is 1.94. The number of nitrogens with zero attached hydrogens (tertiary/aromatic N) is 3. The van der Waals surface area contributed by atoms with Gasteiger partial charge < -0.3 is 10.1 Å². The molecule has 1 aromatic carbocycles. The Balaban J connectivity index is 2.05. The lowest BCUT2D eigenvalue weighted by Gasteiger charge is -2.14. The molecule has 6 heteroatoms. The Morgan fingerprint density at radius 1 is 1.38 bits per heavy atom. The van der Waals surface area contributed by atoms with Crippen LogP contribution >= 0.6 is 15.9 Å². The second kappa shape index (κ2) is 7.56. The van der Waals surface area contributed by atoms with E-state index in [-0.39, 0.29) is 0 Å². The summed E-state index contributed by atoms with van der Waals surface area (Å²) < 4.78 is 8.61. The molecule has 21 heavy (non-hydrogen) atoms. The first-order chi connectivity index (χ1) is 10.1. The Morgan fingerprint density at radius 3 is 2.86 bits per heavy atom. The Hall–Kier alpha value is -1.40. The second-order valence-corrected chi connectivity index (χ2v) is 6.20. The lowest BCUT2D eigenvalue weighted by Crippen LogP contribution is -2.19. The first-order valence-electron chi connectivity index (χ1n) is 7.01. The third kappa shape index (κ3) is 4.54. The zero-order valence-electron chi connectivity index (χ0n) is 12.6. The van der Waals surface area contributed by atoms with Crippen LogP contribution in [0.15, 0.2) is 29.0 Å². The average molecular weight is 353 g/mol. The molecule has 0 aliphatic carbocycles. The Labute approximate surface area is 133 Å². The van der Waals surface area contributed by atoms with E-state index in [9.17, 15) is 0 Å². The molecule has 0 aliphatic rings. The number of para-hydroxylation sites is 1. The molecule has 1 aromatic heterocycles. The Bertz CT molecular complexity index is 583. The van der Waals surface area contributed by atoms with Crippen molar-refractivity contribution < 1.29 is 4.74 Å². The molecule has 1 heterocycles. The highest BCUT2D eigenvalue weighted by molar-refractivity contribution is 9.10. The molecule has 0 unspecified atom stereocenters. The summed E-state index contributed by atoms with van der Waals surface area (Å²) >= 11 is 3.56. The molecule has 0 aliphatic heterocycles. The summed E-state index contributed by atoms with van der Waals surface area (Å²) in [5, 5.41) is 7.48. The Morgan fingerprint density at radius 2 is 2.19 bits per heavy atom. The van der Waals surface area contributed by atoms with E-state index in [2.05, 4.69) is 51.2 Å². The molecule has 0 fully saturated rings. The maximum atomic E-state index is 5.94. The van der Waals surface area contributed by atoms with E-state index in [1.165, 1.54) is 6.33 Å². The number of ether oxygens (including phenoxy) is 1. The summed E-state index contributed by atoms with van der Waals surface area (Å²) in [7, 11) is 1.86. The minimum atomic E-state index is 0.399. The van der Waals surface area contributed by atoms with Crippen molar-refractivity contribution in [1.29, 1.82) is 0 Å². The maximum absolute atomic E-state index is 5.94. The van der Waals surface area contributed by atoms with Gasteiger partial charge in [0.25, 0.3) is 0 Å². The molecule has 114 valence electrons. The third-order valence-corrected chi connectivity index (χ3v) is 3.69. The van der Waals surface area contributed by atoms with Gasteiger partial charge in [-0.1, -0.05) is 26.0 Å². The van der Waals surface area contributed by atoms with Gasteiger partial charge >= 0.3 is 0 Å². The minimum absolute atomic E-state index is 0.399. The van der Waals surface area contributed by atoms with Crippen LogP contribution < -0.4 is 10.1 Å². The first-order valence-corrected chi connectivity index (χ1v) is 7.81. The first kappa shape index (κ1) is 16.0. The third-order valence-electron chi connectivity index (χ3n) is 3.07. The number of halogens is 1. The molecule has 1 N–H and O–H groups in total. The van der Waals surface area contributed by atoms with Gasteiger partial charge in [-0.15, -0.1) is 0 Å². The number of hydrogen-bond donors (Lipinski definition) is 1. The molecular formula is C15H21BrN4O. The SMILES string of the molecule is CC(C)CNCc1cccc(Br)c1OCc1ncnn1C. The number of aromatic nitrogens is 3. The molecule has 0 amide bonds. The molecule has 0 saturated heterocycles. The fraction of sp³-hybridized carbons (Fsp3) is 0.467. The van der Waals surface area contributed by atoms with Crippen LogP contribution in [-0.4, -0.2) is 21.3 Å². The zero-order valence-corrected chi connectivity index (χ0v) is 14.2. The smallest absolute Gasteiger partial charge is 0.164 e. The average Bonchev–Trinajstić information content (AvgIpc) is 2.83. The van der Waals surface area contributed by atoms with Crippen molar-refractivity contribution in [3.63, 3.8) is 0 Å². The topological polar surface area (TPSA) is 52.0 Å². The van der Waals surface area contributed by atoms with E-state index >= 15 is 0 Å². The van der Waals surface area contributed by atoms with Gasteiger partial charge in [0.2, 0.25) is 0 Å². The van der Waals surface area contributed by atoms with Gasteiger partial charge in [-0.25, -0.2) is 4.98 Å². The molecule has 2 rings (SSSR count). The van der Waals surface area contributed by atoms with Gasteiger partial charge in [-0.3, -0.25) is 4.68 Å². The predicted octanol–water partition coefficient (Wildman–Crippen LogP) is 2.90. The van der Waals surface area contributed by atoms with Crippen LogP contribution in [0.3, 0.4) is 0 Å². The van der Waals surface area contributed by atoms with E-state index in [0.717, 1.165) is 34.7 Å². The van der Waals surface area contributed by atoms with E-state index < -0.39 is 0 Å². The highest BCUT2D eigenvalue weighted by Gasteiger charge is 2.10. The van der Waals surface area contributed by atoms with Gasteiger partial charge in [0.15, 0.2) is 5.82 Å². The van der Waals surface area contributed by atoms with Crippen molar-refractivity contribution in [2.24, 2.45) is 13.0 Å². The van der Waals surface area contributed by atoms with Crippen LogP contribution in [-0.2, 0) is 20.2 Å². The predicted molar refractivity (Wildman–Crippen MR) is 86.0 cm³/mol. The van der Waals surface area contributed by atoms with E-state index in [1.807, 2.05) is 19.2 Å². The van der Waals surface area contributed by atoms with Crippen LogP contribution in [0, 0.1) is 5.92 Å². The van der Waals surface area contributed by atoms with Crippen LogP contribution in [0.4, 0.5) is 0 Å². The quantitative estimate of drug-likeness (QED) is 0.832. The summed E-state index contributed by atoms with van der Waals surface area (Å²) in [4.78, 5) is 4.17. The van der Waals surface area contributed by atoms with E-state index in [1.54, 1.807) is 4.68 Å². The summed E-state index contributed by atoms with van der Waals surface area (Å²) in [5.41, 5.74) is 1.13. The number of rotatable bonds is 7. The molecule has 0 bridgehead atoms. The normalized spacial score (nSPS) is 11.1. The molecule has 0 radical (unpaired) electrons. The van der Waals surface area contributed by atoms with Crippen LogP contribution in [0.2, 0.25) is 0 Å². The molecule has 0 spiro atoms. The summed E-state index contributed by atoms with van der Waals surface area (Å²) in [6.07, 6.45) is 1.53. The van der Waals surface area contributed by atoms with Crippen molar-refractivity contribution in [3.05, 3.63) is 40.4 Å². The lowest BCUT2D eigenvalue weighted by molar-refractivity contribution is 0.284. The fourth-order valence-corrected chi connectivity index (χ4v) is 2.46. The van der Waals surface area contributed by atoms with Crippen LogP contribution in [0.25, 0.3) is 0 Å². The van der Waals surface area contributed by atoms with Gasteiger partial charge in [0.1, 0.15) is 18.7 Å². The summed E-state index contributed by atoms with van der Waals surface area (Å²) in [5.74, 6) is 2.28. The van der Waals surface area contributed by atoms with Gasteiger partial charge in [-0.2, -0.15) is 5.10 Å². The summed E-state index contributed by atoms with van der Waals surface area (Å²) in [6, 6.07) is 6.08. The van der Waals surface area contributed by atoms with Crippen molar-refractivity contribution in [2.45, 2.75) is 27.0 Å². The summed E-state index contributed by atoms with van der Waals surface area (Å²) in [6.45, 7) is 6.55. The maximum Gasteiger partial charge on any atom is 0.164 e. The molecule has 5 nitrogen and oxygen atoms in total. The van der Waals surface area contributed by atoms with E-state index in [4.69, 9.17) is 4.74 Å². The van der Waals surface area contributed by atoms with Crippen molar-refractivity contribution in [3.8, 4) is 5.75 Å². The minimum Gasteiger partial charge on any atom is -0.484 e. The standard InChI is InChI=1S/C15H21BrN4O/c1-11(2)7-17-8-12-5-4-6-13(16)15(12)21-9-14-18-10-19-20(14)3/h4-6,10-11,17H,7-9H2,1-3H3. The van der Waals surface area contributed by atoms with Gasteiger partial charge in [0, 0.05) is 19.2 Å². The zero-order chi connectivity index (χ0) is 15.2. The van der Waals surface area contributed by atoms with E-state index in [0.29, 0.717) is 12.5 Å². The molecule has 0 atom stereocenters. The second-order valence-electron chi connectivity index (χ2n) is 5.34. The Kier molecular flexibility index (Phi) is 5.76.